The van der Waals surface area contributed by atoms with Crippen LogP contribution in [-0.4, -0.2) is 59.8 Å². The number of rotatable bonds is 4. The first-order valence-electron chi connectivity index (χ1n) is 7.89. The Morgan fingerprint density at radius 2 is 2.04 bits per heavy atom. The molecule has 0 radical (unpaired) electrons. The molecular formula is C16H21FN4O2S. The van der Waals surface area contributed by atoms with Crippen LogP contribution in [0.1, 0.15) is 12.0 Å². The van der Waals surface area contributed by atoms with Crippen LogP contribution in [-0.2, 0) is 16.6 Å². The molecule has 0 amide bonds. The van der Waals surface area contributed by atoms with Crippen molar-refractivity contribution in [3.8, 4) is 5.69 Å². The standard InChI is InChI=1S/C16H21FN4O2S/c1-24(22,23)20-8-3-7-19(10-11-20)13-14-12-15(17)4-5-16(14)21-9-2-6-18-21/h2,4-6,9,12H,3,7-8,10-11,13H2,1H3. The number of aromatic nitrogens is 2. The third kappa shape index (κ3) is 4.00. The van der Waals surface area contributed by atoms with Gasteiger partial charge in [0.25, 0.3) is 0 Å². The van der Waals surface area contributed by atoms with Crippen LogP contribution in [0.3, 0.4) is 0 Å². The molecular weight excluding hydrogens is 331 g/mol. The van der Waals surface area contributed by atoms with Gasteiger partial charge < -0.3 is 0 Å². The number of hydrogen-bond acceptors (Lipinski definition) is 4. The first-order valence-corrected chi connectivity index (χ1v) is 9.74. The summed E-state index contributed by atoms with van der Waals surface area (Å²) in [5.74, 6) is -0.284. The molecule has 2 aromatic rings. The summed E-state index contributed by atoms with van der Waals surface area (Å²) in [6.45, 7) is 2.96. The number of halogens is 1. The van der Waals surface area contributed by atoms with E-state index in [0.29, 0.717) is 26.2 Å². The lowest BCUT2D eigenvalue weighted by Gasteiger charge is -2.22. The maximum atomic E-state index is 13.7. The number of nitrogens with zero attached hydrogens (tertiary/aromatic N) is 4. The summed E-state index contributed by atoms with van der Waals surface area (Å²) in [5.41, 5.74) is 1.68. The van der Waals surface area contributed by atoms with Crippen LogP contribution in [0.5, 0.6) is 0 Å². The molecule has 1 aliphatic heterocycles. The zero-order chi connectivity index (χ0) is 17.2. The summed E-state index contributed by atoms with van der Waals surface area (Å²) in [7, 11) is -3.16. The second-order valence-corrected chi connectivity index (χ2v) is 8.00. The smallest absolute Gasteiger partial charge is 0.211 e. The predicted octanol–water partition coefficient (Wildman–Crippen LogP) is 1.48. The van der Waals surface area contributed by atoms with Crippen LogP contribution >= 0.6 is 0 Å². The normalized spacial score (nSPS) is 17.8. The lowest BCUT2D eigenvalue weighted by molar-refractivity contribution is 0.278. The summed E-state index contributed by atoms with van der Waals surface area (Å²) >= 11 is 0. The topological polar surface area (TPSA) is 58.4 Å². The van der Waals surface area contributed by atoms with E-state index in [1.165, 1.54) is 22.7 Å². The molecule has 0 unspecified atom stereocenters. The van der Waals surface area contributed by atoms with E-state index in [1.807, 2.05) is 12.3 Å². The molecule has 1 saturated heterocycles. The van der Waals surface area contributed by atoms with Gasteiger partial charge in [0.2, 0.25) is 10.0 Å². The Labute approximate surface area is 141 Å². The molecule has 0 N–H and O–H groups in total. The molecule has 3 rings (SSSR count). The van der Waals surface area contributed by atoms with Crippen LogP contribution in [0.2, 0.25) is 0 Å². The highest BCUT2D eigenvalue weighted by molar-refractivity contribution is 7.88. The lowest BCUT2D eigenvalue weighted by atomic mass is 10.1. The summed E-state index contributed by atoms with van der Waals surface area (Å²) in [6, 6.07) is 6.49. The van der Waals surface area contributed by atoms with Crippen molar-refractivity contribution >= 4 is 10.0 Å². The first kappa shape index (κ1) is 17.1. The number of hydrogen-bond donors (Lipinski definition) is 0. The molecule has 0 aliphatic carbocycles. The van der Waals surface area contributed by atoms with E-state index in [2.05, 4.69) is 10.00 Å². The van der Waals surface area contributed by atoms with E-state index >= 15 is 0 Å². The summed E-state index contributed by atoms with van der Waals surface area (Å²) < 4.78 is 40.3. The summed E-state index contributed by atoms with van der Waals surface area (Å²) in [4.78, 5) is 2.16. The Bertz CT molecular complexity index is 792. The van der Waals surface area contributed by atoms with Crippen molar-refractivity contribution in [1.82, 2.24) is 19.0 Å². The van der Waals surface area contributed by atoms with Gasteiger partial charge in [0.15, 0.2) is 0 Å². The Morgan fingerprint density at radius 3 is 2.75 bits per heavy atom. The van der Waals surface area contributed by atoms with Crippen molar-refractivity contribution < 1.29 is 12.8 Å². The van der Waals surface area contributed by atoms with Gasteiger partial charge >= 0.3 is 0 Å². The molecule has 0 saturated carbocycles. The first-order chi connectivity index (χ1) is 11.4. The minimum Gasteiger partial charge on any atom is -0.298 e. The molecule has 0 bridgehead atoms. The van der Waals surface area contributed by atoms with Crippen molar-refractivity contribution in [2.75, 3.05) is 32.4 Å². The molecule has 1 aromatic carbocycles. The average Bonchev–Trinajstić information content (AvgIpc) is 2.92. The van der Waals surface area contributed by atoms with Gasteiger partial charge in [0.05, 0.1) is 11.9 Å². The molecule has 1 aliphatic rings. The van der Waals surface area contributed by atoms with Gasteiger partial charge in [-0.15, -0.1) is 0 Å². The SMILES string of the molecule is CS(=O)(=O)N1CCCN(Cc2cc(F)ccc2-n2cccn2)CC1. The van der Waals surface area contributed by atoms with Crippen molar-refractivity contribution in [3.05, 3.63) is 48.0 Å². The predicted molar refractivity (Wildman–Crippen MR) is 89.8 cm³/mol. The van der Waals surface area contributed by atoms with E-state index in [9.17, 15) is 12.8 Å². The molecule has 8 heteroatoms. The highest BCUT2D eigenvalue weighted by Crippen LogP contribution is 2.19. The highest BCUT2D eigenvalue weighted by Gasteiger charge is 2.22. The molecule has 6 nitrogen and oxygen atoms in total. The van der Waals surface area contributed by atoms with Crippen LogP contribution in [0, 0.1) is 5.82 Å². The Morgan fingerprint density at radius 1 is 1.21 bits per heavy atom. The van der Waals surface area contributed by atoms with E-state index < -0.39 is 10.0 Å². The zero-order valence-corrected chi connectivity index (χ0v) is 14.4. The molecule has 1 fully saturated rings. The minimum absolute atomic E-state index is 0.284. The van der Waals surface area contributed by atoms with Gasteiger partial charge in [-0.1, -0.05) is 0 Å². The molecule has 1 aromatic heterocycles. The summed E-state index contributed by atoms with van der Waals surface area (Å²) in [5, 5.41) is 4.22. The van der Waals surface area contributed by atoms with Gasteiger partial charge in [0, 0.05) is 38.6 Å². The van der Waals surface area contributed by atoms with Gasteiger partial charge in [-0.2, -0.15) is 5.10 Å². The van der Waals surface area contributed by atoms with Crippen LogP contribution in [0.15, 0.2) is 36.7 Å². The van der Waals surface area contributed by atoms with Gasteiger partial charge in [-0.3, -0.25) is 4.90 Å². The molecule has 0 spiro atoms. The number of sulfonamides is 1. The highest BCUT2D eigenvalue weighted by atomic mass is 32.2. The quantitative estimate of drug-likeness (QED) is 0.836. The largest absolute Gasteiger partial charge is 0.298 e. The zero-order valence-electron chi connectivity index (χ0n) is 13.6. The molecule has 0 atom stereocenters. The fourth-order valence-electron chi connectivity index (χ4n) is 2.99. The average molecular weight is 352 g/mol. The van der Waals surface area contributed by atoms with Crippen LogP contribution < -0.4 is 0 Å². The van der Waals surface area contributed by atoms with Gasteiger partial charge in [0.1, 0.15) is 5.82 Å². The maximum Gasteiger partial charge on any atom is 0.211 e. The molecule has 130 valence electrons. The summed E-state index contributed by atoms with van der Waals surface area (Å²) in [6.07, 6.45) is 5.51. The Balaban J connectivity index is 1.78. The van der Waals surface area contributed by atoms with Crippen molar-refractivity contribution in [2.24, 2.45) is 0 Å². The van der Waals surface area contributed by atoms with Crippen LogP contribution in [0.25, 0.3) is 5.69 Å². The monoisotopic (exact) mass is 352 g/mol. The Kier molecular flexibility index (Phi) is 4.98. The maximum absolute atomic E-state index is 13.7. The van der Waals surface area contributed by atoms with Crippen molar-refractivity contribution in [2.45, 2.75) is 13.0 Å². The van der Waals surface area contributed by atoms with Gasteiger partial charge in [-0.05, 0) is 42.8 Å². The molecule has 2 heterocycles. The van der Waals surface area contributed by atoms with E-state index in [4.69, 9.17) is 0 Å². The second-order valence-electron chi connectivity index (χ2n) is 6.02. The third-order valence-corrected chi connectivity index (χ3v) is 5.51. The van der Waals surface area contributed by atoms with E-state index in [0.717, 1.165) is 24.2 Å². The second kappa shape index (κ2) is 7.00. The van der Waals surface area contributed by atoms with Crippen molar-refractivity contribution in [3.63, 3.8) is 0 Å². The number of benzene rings is 1. The Hall–Kier alpha value is -1.77. The van der Waals surface area contributed by atoms with E-state index in [-0.39, 0.29) is 5.82 Å². The van der Waals surface area contributed by atoms with Crippen LogP contribution in [0.4, 0.5) is 4.39 Å². The fourth-order valence-corrected chi connectivity index (χ4v) is 3.87. The van der Waals surface area contributed by atoms with Gasteiger partial charge in [-0.25, -0.2) is 21.8 Å². The fraction of sp³-hybridized carbons (Fsp3) is 0.438. The lowest BCUT2D eigenvalue weighted by Crippen LogP contribution is -2.34. The van der Waals surface area contributed by atoms with E-state index in [1.54, 1.807) is 16.9 Å². The molecule has 24 heavy (non-hydrogen) atoms. The minimum atomic E-state index is -3.16. The third-order valence-electron chi connectivity index (χ3n) is 4.20. The van der Waals surface area contributed by atoms with Crippen molar-refractivity contribution in [1.29, 1.82) is 0 Å².